The Hall–Kier alpha value is -1.58. The Morgan fingerprint density at radius 2 is 1.09 bits per heavy atom. The number of hydrogen-bond donors (Lipinski definition) is 0. The van der Waals surface area contributed by atoms with Crippen molar-refractivity contribution in [2.75, 3.05) is 13.2 Å². The number of unbranched alkanes of at least 4 members (excludes halogenated alkanes) is 6. The maximum absolute atomic E-state index is 11.3. The van der Waals surface area contributed by atoms with Gasteiger partial charge in [0.2, 0.25) is 0 Å². The van der Waals surface area contributed by atoms with Crippen LogP contribution in [-0.2, 0) is 19.1 Å². The van der Waals surface area contributed by atoms with E-state index in [-0.39, 0.29) is 11.9 Å². The van der Waals surface area contributed by atoms with Crippen molar-refractivity contribution in [1.82, 2.24) is 0 Å². The molecular formula is C18H30O4. The lowest BCUT2D eigenvalue weighted by Crippen LogP contribution is -2.02. The molecule has 0 spiro atoms. The van der Waals surface area contributed by atoms with E-state index >= 15 is 0 Å². The van der Waals surface area contributed by atoms with Crippen molar-refractivity contribution in [2.45, 2.75) is 65.2 Å². The second kappa shape index (κ2) is 15.8. The number of carbonyl (C=O) groups excluding carboxylic acids is 2. The molecule has 0 heterocycles. The Kier molecular flexibility index (Phi) is 14.7. The topological polar surface area (TPSA) is 52.6 Å². The van der Waals surface area contributed by atoms with Crippen LogP contribution in [0, 0.1) is 0 Å². The first-order chi connectivity index (χ1) is 10.7. The molecule has 0 aliphatic carbocycles. The van der Waals surface area contributed by atoms with Crippen LogP contribution in [0.5, 0.6) is 0 Å². The minimum atomic E-state index is -0.380. The summed E-state index contributed by atoms with van der Waals surface area (Å²) in [6, 6.07) is 0. The summed E-state index contributed by atoms with van der Waals surface area (Å²) in [5, 5.41) is 0. The summed E-state index contributed by atoms with van der Waals surface area (Å²) < 4.78 is 10.0. The Labute approximate surface area is 134 Å². The second-order valence-electron chi connectivity index (χ2n) is 5.17. The summed E-state index contributed by atoms with van der Waals surface area (Å²) in [7, 11) is 0. The van der Waals surface area contributed by atoms with E-state index in [0.717, 1.165) is 51.4 Å². The molecule has 0 atom stereocenters. The van der Waals surface area contributed by atoms with Gasteiger partial charge in [0, 0.05) is 12.2 Å². The first-order valence-corrected chi connectivity index (χ1v) is 8.39. The molecule has 0 saturated heterocycles. The molecule has 0 rings (SSSR count). The molecule has 0 aromatic heterocycles. The minimum Gasteiger partial charge on any atom is -0.463 e. The highest BCUT2D eigenvalue weighted by molar-refractivity contribution is 5.84. The Bertz CT molecular complexity index is 311. The normalized spacial score (nSPS) is 11.2. The van der Waals surface area contributed by atoms with E-state index in [1.807, 2.05) is 0 Å². The first-order valence-electron chi connectivity index (χ1n) is 8.39. The van der Waals surface area contributed by atoms with Crippen molar-refractivity contribution < 1.29 is 19.1 Å². The van der Waals surface area contributed by atoms with Crippen LogP contribution in [0.3, 0.4) is 0 Å². The summed E-state index contributed by atoms with van der Waals surface area (Å²) in [4.78, 5) is 22.7. The van der Waals surface area contributed by atoms with Crippen LogP contribution in [0.25, 0.3) is 0 Å². The predicted octanol–water partition coefficient (Wildman–Crippen LogP) is 4.35. The van der Waals surface area contributed by atoms with Gasteiger partial charge in [0.15, 0.2) is 0 Å². The molecule has 0 unspecified atom stereocenters. The first kappa shape index (κ1) is 20.4. The summed E-state index contributed by atoms with van der Waals surface area (Å²) in [6.07, 6.45) is 14.2. The van der Waals surface area contributed by atoms with E-state index in [2.05, 4.69) is 13.8 Å². The number of ether oxygens (including phenoxy) is 2. The minimum absolute atomic E-state index is 0.380. The van der Waals surface area contributed by atoms with Gasteiger partial charge in [-0.15, -0.1) is 0 Å². The standard InChI is InChI=1S/C18H30O4/c1-3-5-7-11-15-21-17(19)13-9-10-14-18(20)22-16-12-8-6-4-2/h9-10,13-14H,3-8,11-12,15-16H2,1-2H3. The van der Waals surface area contributed by atoms with Crippen LogP contribution in [0.2, 0.25) is 0 Å². The molecule has 0 fully saturated rings. The van der Waals surface area contributed by atoms with Crippen LogP contribution in [0.15, 0.2) is 24.3 Å². The highest BCUT2D eigenvalue weighted by atomic mass is 16.5. The molecule has 22 heavy (non-hydrogen) atoms. The van der Waals surface area contributed by atoms with E-state index in [0.29, 0.717) is 13.2 Å². The zero-order chi connectivity index (χ0) is 16.5. The lowest BCUT2D eigenvalue weighted by molar-refractivity contribution is -0.138. The van der Waals surface area contributed by atoms with Gasteiger partial charge >= 0.3 is 11.9 Å². The summed E-state index contributed by atoms with van der Waals surface area (Å²) in [5.41, 5.74) is 0. The lowest BCUT2D eigenvalue weighted by atomic mass is 10.2. The van der Waals surface area contributed by atoms with Crippen LogP contribution >= 0.6 is 0 Å². The van der Waals surface area contributed by atoms with Gasteiger partial charge in [-0.05, 0) is 12.8 Å². The maximum Gasteiger partial charge on any atom is 0.330 e. The zero-order valence-electron chi connectivity index (χ0n) is 14.0. The van der Waals surface area contributed by atoms with Gasteiger partial charge in [0.05, 0.1) is 13.2 Å². The number of rotatable bonds is 13. The summed E-state index contributed by atoms with van der Waals surface area (Å²) in [6.45, 7) is 5.17. The van der Waals surface area contributed by atoms with Crippen molar-refractivity contribution >= 4 is 11.9 Å². The third kappa shape index (κ3) is 14.8. The molecular weight excluding hydrogens is 280 g/mol. The predicted molar refractivity (Wildman–Crippen MR) is 88.5 cm³/mol. The largest absolute Gasteiger partial charge is 0.463 e. The van der Waals surface area contributed by atoms with Crippen LogP contribution in [0.4, 0.5) is 0 Å². The average molecular weight is 310 g/mol. The molecule has 126 valence electrons. The molecule has 0 amide bonds. The second-order valence-corrected chi connectivity index (χ2v) is 5.17. The number of esters is 2. The monoisotopic (exact) mass is 310 g/mol. The van der Waals surface area contributed by atoms with E-state index in [9.17, 15) is 9.59 Å². The van der Waals surface area contributed by atoms with Crippen molar-refractivity contribution in [1.29, 1.82) is 0 Å². The summed E-state index contributed by atoms with van der Waals surface area (Å²) in [5.74, 6) is -0.761. The van der Waals surface area contributed by atoms with Gasteiger partial charge in [-0.2, -0.15) is 0 Å². The van der Waals surface area contributed by atoms with Crippen molar-refractivity contribution in [2.24, 2.45) is 0 Å². The molecule has 4 heteroatoms. The SMILES string of the molecule is CCCCCCOC(=O)C=CC=CC(=O)OCCCCCC. The quantitative estimate of drug-likeness (QED) is 0.220. The maximum atomic E-state index is 11.3. The molecule has 0 N–H and O–H groups in total. The van der Waals surface area contributed by atoms with Gasteiger partial charge in [-0.3, -0.25) is 0 Å². The van der Waals surface area contributed by atoms with Crippen molar-refractivity contribution in [3.8, 4) is 0 Å². The Balaban J connectivity index is 3.63. The van der Waals surface area contributed by atoms with E-state index in [1.165, 1.54) is 24.3 Å². The molecule has 0 radical (unpaired) electrons. The molecule has 0 aliphatic rings. The highest BCUT2D eigenvalue weighted by Crippen LogP contribution is 2.00. The molecule has 0 aromatic carbocycles. The average Bonchev–Trinajstić information content (AvgIpc) is 2.51. The van der Waals surface area contributed by atoms with Crippen LogP contribution in [-0.4, -0.2) is 25.2 Å². The van der Waals surface area contributed by atoms with Crippen molar-refractivity contribution in [3.05, 3.63) is 24.3 Å². The zero-order valence-corrected chi connectivity index (χ0v) is 14.0. The molecule has 0 saturated carbocycles. The lowest BCUT2D eigenvalue weighted by Gasteiger charge is -2.01. The third-order valence-corrected chi connectivity index (χ3v) is 3.06. The third-order valence-electron chi connectivity index (χ3n) is 3.06. The number of carbonyl (C=O) groups is 2. The molecule has 0 bridgehead atoms. The highest BCUT2D eigenvalue weighted by Gasteiger charge is 1.97. The van der Waals surface area contributed by atoms with Gasteiger partial charge in [0.25, 0.3) is 0 Å². The smallest absolute Gasteiger partial charge is 0.330 e. The van der Waals surface area contributed by atoms with E-state index < -0.39 is 0 Å². The Morgan fingerprint density at radius 1 is 0.682 bits per heavy atom. The fourth-order valence-electron chi connectivity index (χ4n) is 1.77. The fraction of sp³-hybridized carbons (Fsp3) is 0.667. The van der Waals surface area contributed by atoms with Crippen LogP contribution < -0.4 is 0 Å². The van der Waals surface area contributed by atoms with Gasteiger partial charge in [-0.25, -0.2) is 9.59 Å². The van der Waals surface area contributed by atoms with E-state index in [1.54, 1.807) is 0 Å². The number of hydrogen-bond acceptors (Lipinski definition) is 4. The summed E-state index contributed by atoms with van der Waals surface area (Å²) >= 11 is 0. The molecule has 0 aliphatic heterocycles. The fourth-order valence-corrected chi connectivity index (χ4v) is 1.77. The molecule has 4 nitrogen and oxygen atoms in total. The number of allylic oxidation sites excluding steroid dienone is 2. The van der Waals surface area contributed by atoms with Gasteiger partial charge in [-0.1, -0.05) is 64.5 Å². The van der Waals surface area contributed by atoms with Crippen molar-refractivity contribution in [3.63, 3.8) is 0 Å². The molecule has 0 aromatic rings. The van der Waals surface area contributed by atoms with Crippen LogP contribution in [0.1, 0.15) is 65.2 Å². The van der Waals surface area contributed by atoms with E-state index in [4.69, 9.17) is 9.47 Å². The Morgan fingerprint density at radius 3 is 1.45 bits per heavy atom. The van der Waals surface area contributed by atoms with Gasteiger partial charge in [0.1, 0.15) is 0 Å². The van der Waals surface area contributed by atoms with Gasteiger partial charge < -0.3 is 9.47 Å².